The van der Waals surface area contributed by atoms with Gasteiger partial charge < -0.3 is 20.5 Å². The Kier molecular flexibility index (Phi) is 5.45. The molecule has 21 heavy (non-hydrogen) atoms. The molecule has 0 unspecified atom stereocenters. The summed E-state index contributed by atoms with van der Waals surface area (Å²) in [5, 5.41) is 14.8. The second kappa shape index (κ2) is 7.11. The van der Waals surface area contributed by atoms with E-state index in [1.165, 1.54) is 6.42 Å². The van der Waals surface area contributed by atoms with Gasteiger partial charge in [0, 0.05) is 19.7 Å². The molecule has 0 aliphatic heterocycles. The predicted molar refractivity (Wildman–Crippen MR) is 78.1 cm³/mol. The van der Waals surface area contributed by atoms with E-state index in [-0.39, 0.29) is 23.6 Å². The molecule has 2 rings (SSSR count). The maximum atomic E-state index is 11.8. The third-order valence-corrected chi connectivity index (χ3v) is 4.98. The van der Waals surface area contributed by atoms with E-state index in [0.717, 1.165) is 32.1 Å². The second-order valence-electron chi connectivity index (χ2n) is 6.28. The number of methoxy groups -OCH3 is 1. The summed E-state index contributed by atoms with van der Waals surface area (Å²) in [4.78, 5) is 22.7. The Hall–Kier alpha value is -1.30. The van der Waals surface area contributed by atoms with Crippen LogP contribution < -0.4 is 10.6 Å². The lowest BCUT2D eigenvalue weighted by molar-refractivity contribution is -0.142. The van der Waals surface area contributed by atoms with Gasteiger partial charge in [-0.15, -0.1) is 0 Å². The zero-order valence-corrected chi connectivity index (χ0v) is 12.7. The lowest BCUT2D eigenvalue weighted by Crippen LogP contribution is -2.47. The van der Waals surface area contributed by atoms with Crippen molar-refractivity contribution in [3.8, 4) is 0 Å². The molecule has 0 spiro atoms. The molecule has 0 saturated heterocycles. The van der Waals surface area contributed by atoms with Crippen LogP contribution >= 0.6 is 0 Å². The summed E-state index contributed by atoms with van der Waals surface area (Å²) in [5.74, 6) is -0.963. The molecule has 6 nitrogen and oxygen atoms in total. The SMILES string of the molecule is COC1(CCNC(=O)NC2CCC(C(=O)O)CC2)CCC1. The molecule has 2 amide bonds. The summed E-state index contributed by atoms with van der Waals surface area (Å²) in [6, 6.07) is -0.0555. The maximum absolute atomic E-state index is 11.8. The molecule has 0 atom stereocenters. The Balaban J connectivity index is 1.61. The van der Waals surface area contributed by atoms with Crippen LogP contribution in [-0.2, 0) is 9.53 Å². The van der Waals surface area contributed by atoms with Crippen LogP contribution in [0.25, 0.3) is 0 Å². The molecule has 120 valence electrons. The van der Waals surface area contributed by atoms with Crippen LogP contribution in [0.4, 0.5) is 4.79 Å². The molecule has 2 fully saturated rings. The van der Waals surface area contributed by atoms with Crippen molar-refractivity contribution in [2.24, 2.45) is 5.92 Å². The average Bonchev–Trinajstić information content (AvgIpc) is 2.42. The zero-order chi connectivity index (χ0) is 15.3. The molecule has 2 aliphatic carbocycles. The van der Waals surface area contributed by atoms with Crippen LogP contribution in [0.1, 0.15) is 51.4 Å². The van der Waals surface area contributed by atoms with Crippen LogP contribution in [0.2, 0.25) is 0 Å². The van der Waals surface area contributed by atoms with Gasteiger partial charge in [0.05, 0.1) is 11.5 Å². The van der Waals surface area contributed by atoms with E-state index in [2.05, 4.69) is 10.6 Å². The molecular formula is C15H26N2O4. The average molecular weight is 298 g/mol. The smallest absolute Gasteiger partial charge is 0.315 e. The minimum absolute atomic E-state index is 0.0210. The highest BCUT2D eigenvalue weighted by Gasteiger charge is 2.36. The number of carbonyl (C=O) groups excluding carboxylic acids is 1. The molecule has 0 bridgehead atoms. The molecule has 2 aliphatic rings. The van der Waals surface area contributed by atoms with Gasteiger partial charge in [0.15, 0.2) is 0 Å². The minimum Gasteiger partial charge on any atom is -0.481 e. The monoisotopic (exact) mass is 298 g/mol. The summed E-state index contributed by atoms with van der Waals surface area (Å²) < 4.78 is 5.51. The molecule has 0 heterocycles. The third kappa shape index (κ3) is 4.33. The number of hydrogen-bond acceptors (Lipinski definition) is 3. The fourth-order valence-corrected chi connectivity index (χ4v) is 3.25. The lowest BCUT2D eigenvalue weighted by atomic mass is 9.77. The van der Waals surface area contributed by atoms with E-state index < -0.39 is 5.97 Å². The minimum atomic E-state index is -0.719. The van der Waals surface area contributed by atoms with Crippen molar-refractivity contribution in [1.29, 1.82) is 0 Å². The van der Waals surface area contributed by atoms with E-state index in [4.69, 9.17) is 9.84 Å². The Morgan fingerprint density at radius 3 is 2.38 bits per heavy atom. The Bertz CT molecular complexity index is 368. The van der Waals surface area contributed by atoms with Crippen molar-refractivity contribution in [3.63, 3.8) is 0 Å². The van der Waals surface area contributed by atoms with Gasteiger partial charge >= 0.3 is 12.0 Å². The molecule has 6 heteroatoms. The van der Waals surface area contributed by atoms with Crippen LogP contribution in [0.5, 0.6) is 0 Å². The van der Waals surface area contributed by atoms with Crippen LogP contribution in [0.3, 0.4) is 0 Å². The first-order valence-electron chi connectivity index (χ1n) is 7.87. The molecule has 3 N–H and O–H groups in total. The summed E-state index contributed by atoms with van der Waals surface area (Å²) in [5.41, 5.74) is -0.0210. The highest BCUT2D eigenvalue weighted by Crippen LogP contribution is 2.37. The normalized spacial score (nSPS) is 27.5. The van der Waals surface area contributed by atoms with Crippen LogP contribution in [0.15, 0.2) is 0 Å². The summed E-state index contributed by atoms with van der Waals surface area (Å²) in [6.07, 6.45) is 6.98. The van der Waals surface area contributed by atoms with Crippen molar-refractivity contribution in [1.82, 2.24) is 10.6 Å². The van der Waals surface area contributed by atoms with Gasteiger partial charge in [-0.05, 0) is 51.4 Å². The Labute approximate surface area is 125 Å². The quantitative estimate of drug-likeness (QED) is 0.699. The molecule has 2 saturated carbocycles. The third-order valence-electron chi connectivity index (χ3n) is 4.98. The first-order chi connectivity index (χ1) is 10.0. The van der Waals surface area contributed by atoms with Gasteiger partial charge in [-0.3, -0.25) is 4.79 Å². The molecule has 0 radical (unpaired) electrons. The summed E-state index contributed by atoms with van der Waals surface area (Å²) >= 11 is 0. The number of carboxylic acids is 1. The van der Waals surface area contributed by atoms with Gasteiger partial charge in [-0.1, -0.05) is 0 Å². The van der Waals surface area contributed by atoms with Crippen molar-refractivity contribution in [2.45, 2.75) is 63.0 Å². The van der Waals surface area contributed by atoms with E-state index in [1.807, 2.05) is 0 Å². The number of nitrogens with one attached hydrogen (secondary N) is 2. The highest BCUT2D eigenvalue weighted by atomic mass is 16.5. The van der Waals surface area contributed by atoms with Gasteiger partial charge in [0.1, 0.15) is 0 Å². The fourth-order valence-electron chi connectivity index (χ4n) is 3.25. The summed E-state index contributed by atoms with van der Waals surface area (Å²) in [6.45, 7) is 0.615. The Morgan fingerprint density at radius 1 is 1.24 bits per heavy atom. The number of amides is 2. The second-order valence-corrected chi connectivity index (χ2v) is 6.28. The van der Waals surface area contributed by atoms with E-state index in [0.29, 0.717) is 19.4 Å². The highest BCUT2D eigenvalue weighted by molar-refractivity contribution is 5.74. The zero-order valence-electron chi connectivity index (χ0n) is 12.7. The Morgan fingerprint density at radius 2 is 1.90 bits per heavy atom. The number of ether oxygens (including phenoxy) is 1. The number of rotatable bonds is 6. The van der Waals surface area contributed by atoms with Crippen molar-refractivity contribution < 1.29 is 19.4 Å². The van der Waals surface area contributed by atoms with Crippen LogP contribution in [0, 0.1) is 5.92 Å². The van der Waals surface area contributed by atoms with Gasteiger partial charge in [-0.2, -0.15) is 0 Å². The first kappa shape index (κ1) is 16.1. The number of urea groups is 1. The molecule has 0 aromatic carbocycles. The number of hydrogen-bond donors (Lipinski definition) is 3. The van der Waals surface area contributed by atoms with Crippen molar-refractivity contribution in [2.75, 3.05) is 13.7 Å². The number of carbonyl (C=O) groups is 2. The molecule has 0 aromatic rings. The molecular weight excluding hydrogens is 272 g/mol. The predicted octanol–water partition coefficient (Wildman–Crippen LogP) is 1.89. The standard InChI is InChI=1S/C15H26N2O4/c1-21-15(7-2-8-15)9-10-16-14(20)17-12-5-3-11(4-6-12)13(18)19/h11-12H,2-10H2,1H3,(H,18,19)(H2,16,17,20). The van der Waals surface area contributed by atoms with Crippen molar-refractivity contribution in [3.05, 3.63) is 0 Å². The first-order valence-corrected chi connectivity index (χ1v) is 7.87. The van der Waals surface area contributed by atoms with Gasteiger partial charge in [0.2, 0.25) is 0 Å². The van der Waals surface area contributed by atoms with E-state index >= 15 is 0 Å². The van der Waals surface area contributed by atoms with E-state index in [1.54, 1.807) is 7.11 Å². The molecule has 0 aromatic heterocycles. The fraction of sp³-hybridized carbons (Fsp3) is 0.867. The number of carboxylic acid groups (broad SMARTS) is 1. The van der Waals surface area contributed by atoms with Gasteiger partial charge in [-0.25, -0.2) is 4.79 Å². The van der Waals surface area contributed by atoms with Gasteiger partial charge in [0.25, 0.3) is 0 Å². The number of aliphatic carboxylic acids is 1. The summed E-state index contributed by atoms with van der Waals surface area (Å²) in [7, 11) is 1.74. The van der Waals surface area contributed by atoms with Crippen molar-refractivity contribution >= 4 is 12.0 Å². The topological polar surface area (TPSA) is 87.7 Å². The maximum Gasteiger partial charge on any atom is 0.315 e. The van der Waals surface area contributed by atoms with Crippen LogP contribution in [-0.4, -0.2) is 42.4 Å². The van der Waals surface area contributed by atoms with E-state index in [9.17, 15) is 9.59 Å². The largest absolute Gasteiger partial charge is 0.481 e. The lowest BCUT2D eigenvalue weighted by Gasteiger charge is -2.40.